The molecule has 2 atom stereocenters. The summed E-state index contributed by atoms with van der Waals surface area (Å²) in [6, 6.07) is 17.5. The van der Waals surface area contributed by atoms with Gasteiger partial charge in [-0.25, -0.2) is 0 Å². The summed E-state index contributed by atoms with van der Waals surface area (Å²) in [6.45, 7) is 1.39. The number of ketones is 1. The molecule has 7 nitrogen and oxygen atoms in total. The molecule has 2 aromatic carbocycles. The van der Waals surface area contributed by atoms with Crippen LogP contribution in [-0.4, -0.2) is 34.6 Å². The van der Waals surface area contributed by atoms with Gasteiger partial charge in [-0.2, -0.15) is 4.99 Å². The van der Waals surface area contributed by atoms with Crippen molar-refractivity contribution in [3.8, 4) is 0 Å². The van der Waals surface area contributed by atoms with Crippen LogP contribution in [0.4, 0.5) is 0 Å². The summed E-state index contributed by atoms with van der Waals surface area (Å²) in [4.78, 5) is 35.1. The van der Waals surface area contributed by atoms with E-state index in [-0.39, 0.29) is 11.7 Å². The van der Waals surface area contributed by atoms with Crippen molar-refractivity contribution in [1.82, 2.24) is 0 Å². The van der Waals surface area contributed by atoms with Crippen molar-refractivity contribution in [1.29, 1.82) is 0 Å². The number of ether oxygens (including phenoxy) is 1. The van der Waals surface area contributed by atoms with Crippen molar-refractivity contribution < 1.29 is 19.2 Å². The Morgan fingerprint density at radius 2 is 1.62 bits per heavy atom. The number of carbonyl (C=O) groups is 2. The third-order valence-corrected chi connectivity index (χ3v) is 4.61. The number of benzene rings is 2. The molecule has 2 aliphatic rings. The van der Waals surface area contributed by atoms with Gasteiger partial charge in [0.05, 0.1) is 0 Å². The predicted molar refractivity (Wildman–Crippen MR) is 93.7 cm³/mol. The highest BCUT2D eigenvalue weighted by Crippen LogP contribution is 2.44. The summed E-state index contributed by atoms with van der Waals surface area (Å²) in [5.74, 6) is -1.20. The zero-order chi connectivity index (χ0) is 18.4. The Kier molecular flexibility index (Phi) is 3.40. The van der Waals surface area contributed by atoms with Crippen LogP contribution in [0, 0.1) is 0 Å². The van der Waals surface area contributed by atoms with Crippen LogP contribution in [0.3, 0.4) is 0 Å². The van der Waals surface area contributed by atoms with Crippen molar-refractivity contribution in [2.75, 3.05) is 0 Å². The fourth-order valence-electron chi connectivity index (χ4n) is 3.06. The standard InChI is InChI=1S/C19H15N3O4/c1-18(16(20)24)19(14(23)12-8-4-2-5-9-12)17(22-26-18)21-15(25-19)13-10-6-3-7-11-13/h2-11H,1H3,(H2,20,24)/t18-,19+/m1/s1. The second kappa shape index (κ2) is 5.52. The van der Waals surface area contributed by atoms with Gasteiger partial charge < -0.3 is 15.3 Å². The first-order chi connectivity index (χ1) is 12.5. The summed E-state index contributed by atoms with van der Waals surface area (Å²) in [6.07, 6.45) is 0. The van der Waals surface area contributed by atoms with E-state index < -0.39 is 22.9 Å². The van der Waals surface area contributed by atoms with Crippen molar-refractivity contribution in [3.63, 3.8) is 0 Å². The number of hydrogen-bond donors (Lipinski definition) is 1. The van der Waals surface area contributed by atoms with Gasteiger partial charge in [0.2, 0.25) is 17.5 Å². The van der Waals surface area contributed by atoms with Crippen molar-refractivity contribution >= 4 is 23.4 Å². The van der Waals surface area contributed by atoms with Gasteiger partial charge in [-0.3, -0.25) is 9.59 Å². The molecule has 2 aliphatic heterocycles. The van der Waals surface area contributed by atoms with Gasteiger partial charge in [-0.05, 0) is 19.1 Å². The first-order valence-corrected chi connectivity index (χ1v) is 7.98. The van der Waals surface area contributed by atoms with Crippen LogP contribution in [0.5, 0.6) is 0 Å². The molecule has 0 saturated heterocycles. The first-order valence-electron chi connectivity index (χ1n) is 7.98. The van der Waals surface area contributed by atoms with Crippen LogP contribution in [0.2, 0.25) is 0 Å². The van der Waals surface area contributed by atoms with Crippen molar-refractivity contribution in [2.45, 2.75) is 18.1 Å². The Morgan fingerprint density at radius 3 is 2.23 bits per heavy atom. The molecule has 7 heteroatoms. The predicted octanol–water partition coefficient (Wildman–Crippen LogP) is 1.67. The van der Waals surface area contributed by atoms with Crippen LogP contribution in [0.25, 0.3) is 0 Å². The minimum absolute atomic E-state index is 0.0218. The van der Waals surface area contributed by atoms with E-state index in [9.17, 15) is 9.59 Å². The molecule has 2 heterocycles. The van der Waals surface area contributed by atoms with Crippen molar-refractivity contribution in [3.05, 3.63) is 71.8 Å². The number of oxime groups is 1. The second-order valence-electron chi connectivity index (χ2n) is 6.17. The number of carbonyl (C=O) groups excluding carboxylic acids is 2. The summed E-state index contributed by atoms with van der Waals surface area (Å²) in [7, 11) is 0. The lowest BCUT2D eigenvalue weighted by atomic mass is 9.77. The van der Waals surface area contributed by atoms with Crippen LogP contribution in [-0.2, 0) is 14.4 Å². The van der Waals surface area contributed by atoms with E-state index in [2.05, 4.69) is 10.1 Å². The molecule has 0 aromatic heterocycles. The number of fused-ring (bicyclic) bond motifs is 1. The number of aliphatic imine (C=N–C) groups is 1. The summed E-state index contributed by atoms with van der Waals surface area (Å²) in [5, 5.41) is 3.85. The molecule has 2 aromatic rings. The number of rotatable bonds is 4. The third kappa shape index (κ3) is 2.00. The Bertz CT molecular complexity index is 955. The lowest BCUT2D eigenvalue weighted by molar-refractivity contribution is -0.151. The topological polar surface area (TPSA) is 103 Å². The van der Waals surface area contributed by atoms with E-state index in [0.29, 0.717) is 11.1 Å². The number of primary amides is 1. The molecule has 0 aliphatic carbocycles. The van der Waals surface area contributed by atoms with Gasteiger partial charge in [0.15, 0.2) is 0 Å². The van der Waals surface area contributed by atoms with E-state index in [1.165, 1.54) is 6.92 Å². The quantitative estimate of drug-likeness (QED) is 0.848. The van der Waals surface area contributed by atoms with E-state index in [0.717, 1.165) is 0 Å². The molecule has 0 unspecified atom stereocenters. The average Bonchev–Trinajstić information content (AvgIpc) is 3.19. The highest BCUT2D eigenvalue weighted by molar-refractivity contribution is 6.29. The molecule has 4 rings (SSSR count). The number of amidine groups is 1. The Morgan fingerprint density at radius 1 is 1.00 bits per heavy atom. The minimum Gasteiger partial charge on any atom is -0.448 e. The molecular formula is C19H15N3O4. The second-order valence-corrected chi connectivity index (χ2v) is 6.17. The highest BCUT2D eigenvalue weighted by atomic mass is 16.7. The molecule has 2 N–H and O–H groups in total. The SMILES string of the molecule is C[C@]1(C(N)=O)ON=C2N=C(c3ccccc3)O[C@@]21C(=O)c1ccccc1. The van der Waals surface area contributed by atoms with E-state index in [4.69, 9.17) is 15.3 Å². The molecule has 130 valence electrons. The molecule has 0 radical (unpaired) electrons. The minimum atomic E-state index is -1.87. The van der Waals surface area contributed by atoms with Crippen LogP contribution >= 0.6 is 0 Å². The summed E-state index contributed by atoms with van der Waals surface area (Å²) in [5.41, 5.74) is 2.84. The Labute approximate surface area is 149 Å². The largest absolute Gasteiger partial charge is 0.448 e. The van der Waals surface area contributed by atoms with Gasteiger partial charge >= 0.3 is 0 Å². The third-order valence-electron chi connectivity index (χ3n) is 4.61. The number of nitrogens with zero attached hydrogens (tertiary/aromatic N) is 2. The van der Waals surface area contributed by atoms with Gasteiger partial charge in [-0.15, -0.1) is 0 Å². The average molecular weight is 349 g/mol. The zero-order valence-corrected chi connectivity index (χ0v) is 13.9. The molecule has 1 amide bonds. The monoisotopic (exact) mass is 349 g/mol. The molecule has 0 spiro atoms. The van der Waals surface area contributed by atoms with Crippen LogP contribution < -0.4 is 5.73 Å². The van der Waals surface area contributed by atoms with Gasteiger partial charge in [0, 0.05) is 11.1 Å². The van der Waals surface area contributed by atoms with Crippen LogP contribution in [0.15, 0.2) is 70.8 Å². The smallest absolute Gasteiger partial charge is 0.285 e. The van der Waals surface area contributed by atoms with Crippen molar-refractivity contribution in [2.24, 2.45) is 15.9 Å². The maximum atomic E-state index is 13.4. The first kappa shape index (κ1) is 16.0. The lowest BCUT2D eigenvalue weighted by Crippen LogP contribution is -2.65. The number of hydrogen-bond acceptors (Lipinski definition) is 6. The summed E-state index contributed by atoms with van der Waals surface area (Å²) >= 11 is 0. The maximum Gasteiger partial charge on any atom is 0.285 e. The van der Waals surface area contributed by atoms with E-state index >= 15 is 0 Å². The van der Waals surface area contributed by atoms with Gasteiger partial charge in [-0.1, -0.05) is 53.7 Å². The van der Waals surface area contributed by atoms with Crippen LogP contribution in [0.1, 0.15) is 22.8 Å². The number of nitrogens with two attached hydrogens (primary N) is 1. The summed E-state index contributed by atoms with van der Waals surface area (Å²) < 4.78 is 6.00. The molecule has 26 heavy (non-hydrogen) atoms. The molecule has 0 bridgehead atoms. The maximum absolute atomic E-state index is 13.4. The molecule has 0 fully saturated rings. The molecule has 0 saturated carbocycles. The Hall–Kier alpha value is -3.48. The van der Waals surface area contributed by atoms with Gasteiger partial charge in [0.1, 0.15) is 0 Å². The Balaban J connectivity index is 1.86. The normalized spacial score (nSPS) is 26.2. The highest BCUT2D eigenvalue weighted by Gasteiger charge is 2.72. The van der Waals surface area contributed by atoms with Gasteiger partial charge in [0.25, 0.3) is 17.1 Å². The lowest BCUT2D eigenvalue weighted by Gasteiger charge is -2.33. The molecular weight excluding hydrogens is 334 g/mol. The zero-order valence-electron chi connectivity index (χ0n) is 13.9. The van der Waals surface area contributed by atoms with E-state index in [1.807, 2.05) is 18.2 Å². The van der Waals surface area contributed by atoms with E-state index in [1.54, 1.807) is 42.5 Å². The fraction of sp³-hybridized carbons (Fsp3) is 0.158. The number of amides is 1. The fourth-order valence-corrected chi connectivity index (χ4v) is 3.06. The number of Topliss-reactive ketones (excluding diaryl/α,β-unsaturated/α-hetero) is 1.